The van der Waals surface area contributed by atoms with E-state index in [0.717, 1.165) is 0 Å². The lowest BCUT2D eigenvalue weighted by Gasteiger charge is -2.21. The second-order valence-corrected chi connectivity index (χ2v) is 6.05. The Balaban J connectivity index is 2.00. The summed E-state index contributed by atoms with van der Waals surface area (Å²) in [6.45, 7) is 0. The van der Waals surface area contributed by atoms with E-state index in [1.165, 1.54) is 32.1 Å². The van der Waals surface area contributed by atoms with Crippen molar-refractivity contribution < 1.29 is 4.39 Å². The summed E-state index contributed by atoms with van der Waals surface area (Å²) in [5.41, 5.74) is 6.24. The fraction of sp³-hybridized carbons (Fsp3) is 0.500. The Labute approximate surface area is 112 Å². The van der Waals surface area contributed by atoms with E-state index in [2.05, 4.69) is 0 Å². The number of hydrogen-bond donors (Lipinski definition) is 2. The molecule has 2 nitrogen and oxygen atoms in total. The molecule has 1 aromatic rings. The average Bonchev–Trinajstić information content (AvgIpc) is 2.38. The summed E-state index contributed by atoms with van der Waals surface area (Å²) >= 11 is 1.83. The summed E-state index contributed by atoms with van der Waals surface area (Å²) in [6, 6.07) is 5.13. The molecule has 4 heteroatoms. The number of thioether (sulfide) groups is 1. The van der Waals surface area contributed by atoms with Crippen LogP contribution in [0.4, 0.5) is 4.39 Å². The molecule has 0 heterocycles. The van der Waals surface area contributed by atoms with Crippen molar-refractivity contribution in [1.29, 1.82) is 5.41 Å². The minimum atomic E-state index is -0.326. The molecule has 0 bridgehead atoms. The monoisotopic (exact) mass is 266 g/mol. The molecule has 0 atom stereocenters. The molecule has 98 valence electrons. The van der Waals surface area contributed by atoms with Crippen LogP contribution in [-0.2, 0) is 5.75 Å². The Bertz CT molecular complexity index is 428. The van der Waals surface area contributed by atoms with Crippen molar-refractivity contribution in [2.75, 3.05) is 0 Å². The minimum absolute atomic E-state index is 0.197. The van der Waals surface area contributed by atoms with Gasteiger partial charge in [-0.1, -0.05) is 31.4 Å². The highest BCUT2D eigenvalue weighted by atomic mass is 32.2. The Kier molecular flexibility index (Phi) is 4.64. The van der Waals surface area contributed by atoms with Crippen molar-refractivity contribution in [3.8, 4) is 0 Å². The molecule has 0 amide bonds. The molecule has 0 aromatic heterocycles. The number of benzene rings is 1. The van der Waals surface area contributed by atoms with Gasteiger partial charge in [0.15, 0.2) is 0 Å². The predicted molar refractivity (Wildman–Crippen MR) is 75.6 cm³/mol. The molecular formula is C14H19FN2S. The van der Waals surface area contributed by atoms with E-state index >= 15 is 0 Å². The van der Waals surface area contributed by atoms with Crippen LogP contribution in [0.25, 0.3) is 0 Å². The maximum absolute atomic E-state index is 14.0. The van der Waals surface area contributed by atoms with Crippen molar-refractivity contribution in [3.05, 3.63) is 35.1 Å². The zero-order valence-electron chi connectivity index (χ0n) is 10.4. The van der Waals surface area contributed by atoms with Gasteiger partial charge in [-0.2, -0.15) is 11.8 Å². The molecule has 1 fully saturated rings. The second-order valence-electron chi connectivity index (χ2n) is 4.76. The number of amidine groups is 1. The zero-order valence-corrected chi connectivity index (χ0v) is 11.2. The van der Waals surface area contributed by atoms with Crippen LogP contribution in [-0.4, -0.2) is 11.1 Å². The van der Waals surface area contributed by atoms with E-state index in [1.807, 2.05) is 11.8 Å². The zero-order chi connectivity index (χ0) is 13.0. The van der Waals surface area contributed by atoms with Crippen LogP contribution in [0.3, 0.4) is 0 Å². The van der Waals surface area contributed by atoms with Gasteiger partial charge in [-0.3, -0.25) is 5.41 Å². The van der Waals surface area contributed by atoms with Crippen LogP contribution in [0.2, 0.25) is 0 Å². The molecule has 1 aromatic carbocycles. The van der Waals surface area contributed by atoms with Gasteiger partial charge in [0, 0.05) is 11.0 Å². The van der Waals surface area contributed by atoms with Gasteiger partial charge in [0.1, 0.15) is 11.7 Å². The van der Waals surface area contributed by atoms with Gasteiger partial charge in [-0.05, 0) is 24.5 Å². The first-order valence-corrected chi connectivity index (χ1v) is 7.46. The summed E-state index contributed by atoms with van der Waals surface area (Å²) in [7, 11) is 0. The van der Waals surface area contributed by atoms with E-state index in [4.69, 9.17) is 11.1 Å². The quantitative estimate of drug-likeness (QED) is 0.645. The molecule has 1 aliphatic rings. The summed E-state index contributed by atoms with van der Waals surface area (Å²) in [5.74, 6) is 0.155. The standard InChI is InChI=1S/C14H19FN2S/c15-13-10(5-4-8-12(13)14(16)17)9-18-11-6-2-1-3-7-11/h4-5,8,11H,1-3,6-7,9H2,(H3,16,17). The highest BCUT2D eigenvalue weighted by molar-refractivity contribution is 7.99. The third-order valence-electron chi connectivity index (χ3n) is 3.40. The molecule has 18 heavy (non-hydrogen) atoms. The molecule has 0 unspecified atom stereocenters. The van der Waals surface area contributed by atoms with Crippen LogP contribution < -0.4 is 5.73 Å². The fourth-order valence-electron chi connectivity index (χ4n) is 2.34. The predicted octanol–water partition coefficient (Wildman–Crippen LogP) is 3.68. The molecule has 3 N–H and O–H groups in total. The van der Waals surface area contributed by atoms with Crippen molar-refractivity contribution in [1.82, 2.24) is 0 Å². The summed E-state index contributed by atoms with van der Waals surface area (Å²) < 4.78 is 14.0. The van der Waals surface area contributed by atoms with Crippen molar-refractivity contribution in [2.45, 2.75) is 43.1 Å². The molecule has 0 spiro atoms. The lowest BCUT2D eigenvalue weighted by molar-refractivity contribution is 0.516. The number of nitrogen functional groups attached to an aromatic ring is 1. The first kappa shape index (κ1) is 13.4. The summed E-state index contributed by atoms with van der Waals surface area (Å²) in [6.07, 6.45) is 6.43. The van der Waals surface area contributed by atoms with Crippen LogP contribution >= 0.6 is 11.8 Å². The Morgan fingerprint density at radius 3 is 2.72 bits per heavy atom. The van der Waals surface area contributed by atoms with Crippen LogP contribution in [0.5, 0.6) is 0 Å². The molecule has 1 saturated carbocycles. The number of nitrogens with two attached hydrogens (primary N) is 1. The van der Waals surface area contributed by atoms with Crippen molar-refractivity contribution >= 4 is 17.6 Å². The minimum Gasteiger partial charge on any atom is -0.384 e. The lowest BCUT2D eigenvalue weighted by Crippen LogP contribution is -2.14. The first-order chi connectivity index (χ1) is 8.68. The van der Waals surface area contributed by atoms with E-state index in [1.54, 1.807) is 18.2 Å². The van der Waals surface area contributed by atoms with Crippen molar-refractivity contribution in [3.63, 3.8) is 0 Å². The summed E-state index contributed by atoms with van der Waals surface area (Å²) in [5, 5.41) is 8.00. The molecule has 1 aliphatic carbocycles. The lowest BCUT2D eigenvalue weighted by atomic mass is 10.0. The van der Waals surface area contributed by atoms with Gasteiger partial charge in [0.2, 0.25) is 0 Å². The molecule has 2 rings (SSSR count). The smallest absolute Gasteiger partial charge is 0.138 e. The molecule has 0 aliphatic heterocycles. The largest absolute Gasteiger partial charge is 0.384 e. The van der Waals surface area contributed by atoms with Gasteiger partial charge in [0.05, 0.1) is 5.56 Å². The third-order valence-corrected chi connectivity index (χ3v) is 4.82. The van der Waals surface area contributed by atoms with Crippen LogP contribution in [0.15, 0.2) is 18.2 Å². The topological polar surface area (TPSA) is 49.9 Å². The van der Waals surface area contributed by atoms with Gasteiger partial charge < -0.3 is 5.73 Å². The van der Waals surface area contributed by atoms with Gasteiger partial charge in [-0.15, -0.1) is 0 Å². The first-order valence-electron chi connectivity index (χ1n) is 6.42. The molecule has 0 radical (unpaired) electrons. The van der Waals surface area contributed by atoms with Crippen LogP contribution in [0, 0.1) is 11.2 Å². The Morgan fingerprint density at radius 1 is 1.33 bits per heavy atom. The summed E-state index contributed by atoms with van der Waals surface area (Å²) in [4.78, 5) is 0. The average molecular weight is 266 g/mol. The van der Waals surface area contributed by atoms with E-state index in [9.17, 15) is 4.39 Å². The van der Waals surface area contributed by atoms with Crippen LogP contribution in [0.1, 0.15) is 43.2 Å². The molecule has 0 saturated heterocycles. The van der Waals surface area contributed by atoms with E-state index in [0.29, 0.717) is 16.6 Å². The molecular weight excluding hydrogens is 247 g/mol. The third kappa shape index (κ3) is 3.25. The number of hydrogen-bond acceptors (Lipinski definition) is 2. The number of halogens is 1. The highest BCUT2D eigenvalue weighted by Crippen LogP contribution is 2.31. The van der Waals surface area contributed by atoms with Gasteiger partial charge in [0.25, 0.3) is 0 Å². The van der Waals surface area contributed by atoms with E-state index < -0.39 is 0 Å². The Morgan fingerprint density at radius 2 is 2.06 bits per heavy atom. The Hall–Kier alpha value is -1.03. The fourth-order valence-corrected chi connectivity index (χ4v) is 3.64. The van der Waals surface area contributed by atoms with Gasteiger partial charge >= 0.3 is 0 Å². The maximum Gasteiger partial charge on any atom is 0.138 e. The highest BCUT2D eigenvalue weighted by Gasteiger charge is 2.16. The second kappa shape index (κ2) is 6.23. The number of nitrogens with one attached hydrogen (secondary N) is 1. The normalized spacial score (nSPS) is 16.7. The number of rotatable bonds is 4. The van der Waals surface area contributed by atoms with E-state index in [-0.39, 0.29) is 17.2 Å². The maximum atomic E-state index is 14.0. The van der Waals surface area contributed by atoms with Gasteiger partial charge in [-0.25, -0.2) is 4.39 Å². The SMILES string of the molecule is N=C(N)c1cccc(CSC2CCCCC2)c1F. The van der Waals surface area contributed by atoms with Crippen molar-refractivity contribution in [2.24, 2.45) is 5.73 Å².